The van der Waals surface area contributed by atoms with Crippen LogP contribution in [0.4, 0.5) is 0 Å². The molecule has 0 aliphatic heterocycles. The average molecular weight is 555 g/mol. The van der Waals surface area contributed by atoms with Crippen LogP contribution in [0.2, 0.25) is 0 Å². The van der Waals surface area contributed by atoms with E-state index in [-0.39, 0.29) is 6.54 Å². The molecule has 7 heteroatoms. The maximum absolute atomic E-state index is 11.8. The summed E-state index contributed by atoms with van der Waals surface area (Å²) in [7, 11) is 0. The minimum absolute atomic E-state index is 0.227. The first-order chi connectivity index (χ1) is 18.6. The van der Waals surface area contributed by atoms with Gasteiger partial charge in [0.2, 0.25) is 0 Å². The molecule has 0 heterocycles. The van der Waals surface area contributed by atoms with Crippen molar-refractivity contribution in [3.63, 3.8) is 0 Å². The van der Waals surface area contributed by atoms with Crippen molar-refractivity contribution < 1.29 is 34.2 Å². The van der Waals surface area contributed by atoms with Crippen LogP contribution in [-0.2, 0) is 14.4 Å². The summed E-state index contributed by atoms with van der Waals surface area (Å²) in [6.45, 7) is 8.28. The number of quaternary nitrogens is 1. The molecule has 3 unspecified atom stereocenters. The van der Waals surface area contributed by atoms with Gasteiger partial charge in [-0.05, 0) is 46.5 Å². The summed E-state index contributed by atoms with van der Waals surface area (Å²) in [5, 5.41) is 28.9. The van der Waals surface area contributed by atoms with Gasteiger partial charge in [0.1, 0.15) is 0 Å². The van der Waals surface area contributed by atoms with Crippen molar-refractivity contribution in [2.45, 2.75) is 167 Å². The Hall–Kier alpha value is -1.89. The fourth-order valence-electron chi connectivity index (χ4n) is 5.88. The van der Waals surface area contributed by atoms with Gasteiger partial charge >= 0.3 is 17.9 Å². The summed E-state index contributed by atoms with van der Waals surface area (Å²) in [6, 6.07) is -3.36. The third-order valence-corrected chi connectivity index (χ3v) is 8.69. The molecule has 0 rings (SSSR count). The van der Waals surface area contributed by atoms with E-state index in [1.54, 1.807) is 0 Å². The van der Waals surface area contributed by atoms with Crippen LogP contribution in [0, 0.1) is 0 Å². The van der Waals surface area contributed by atoms with Crippen LogP contribution in [0.15, 0.2) is 12.7 Å². The number of hydrogen-bond donors (Lipinski definition) is 3. The molecule has 0 spiro atoms. The lowest BCUT2D eigenvalue weighted by Gasteiger charge is -2.47. The quantitative estimate of drug-likeness (QED) is 0.0510. The molecule has 0 aromatic carbocycles. The van der Waals surface area contributed by atoms with Crippen LogP contribution in [0.3, 0.4) is 0 Å². The molecule has 0 aromatic rings. The number of hydrogen-bond acceptors (Lipinski definition) is 3. The number of carboxylic acid groups (broad SMARTS) is 3. The van der Waals surface area contributed by atoms with E-state index in [0.717, 1.165) is 25.7 Å². The van der Waals surface area contributed by atoms with Crippen LogP contribution < -0.4 is 0 Å². The van der Waals surface area contributed by atoms with Crippen LogP contribution in [0.1, 0.15) is 149 Å². The third kappa shape index (κ3) is 15.5. The Morgan fingerprint density at radius 1 is 0.513 bits per heavy atom. The fourth-order valence-corrected chi connectivity index (χ4v) is 5.88. The first kappa shape index (κ1) is 37.1. The Bertz CT molecular complexity index is 629. The van der Waals surface area contributed by atoms with Crippen molar-refractivity contribution in [3.05, 3.63) is 12.7 Å². The lowest BCUT2D eigenvalue weighted by atomic mass is 9.99. The van der Waals surface area contributed by atoms with Crippen LogP contribution in [0.5, 0.6) is 0 Å². The molecule has 0 saturated carbocycles. The smallest absolute Gasteiger partial charge is 0.362 e. The number of rotatable bonds is 28. The molecule has 3 atom stereocenters. The predicted molar refractivity (Wildman–Crippen MR) is 159 cm³/mol. The zero-order valence-electron chi connectivity index (χ0n) is 25.4. The van der Waals surface area contributed by atoms with Gasteiger partial charge in [-0.25, -0.2) is 14.4 Å². The van der Waals surface area contributed by atoms with Crippen molar-refractivity contribution in [2.24, 2.45) is 0 Å². The topological polar surface area (TPSA) is 112 Å². The number of unbranched alkanes of at least 4 members (excludes halogenated alkanes) is 19. The van der Waals surface area contributed by atoms with E-state index in [1.807, 2.05) is 6.08 Å². The molecule has 0 aliphatic carbocycles. The Balaban J connectivity index is 3.98. The summed E-state index contributed by atoms with van der Waals surface area (Å²) in [5.74, 6) is -3.51. The second-order valence-corrected chi connectivity index (χ2v) is 11.6. The van der Waals surface area contributed by atoms with E-state index in [9.17, 15) is 29.7 Å². The molecule has 0 fully saturated rings. The Labute approximate surface area is 238 Å². The number of nitrogens with zero attached hydrogens (tertiary/aromatic N) is 1. The summed E-state index contributed by atoms with van der Waals surface area (Å²) in [5.41, 5.74) is 0. The molecule has 0 amide bonds. The lowest BCUT2D eigenvalue weighted by molar-refractivity contribution is -0.968. The van der Waals surface area contributed by atoms with Crippen molar-refractivity contribution in [1.82, 2.24) is 0 Å². The van der Waals surface area contributed by atoms with Crippen molar-refractivity contribution in [3.8, 4) is 0 Å². The Morgan fingerprint density at radius 2 is 0.744 bits per heavy atom. The number of allylic oxidation sites excluding steroid dienone is 1. The molecule has 0 aromatic heterocycles. The average Bonchev–Trinajstić information content (AvgIpc) is 2.90. The summed E-state index contributed by atoms with van der Waals surface area (Å²) < 4.78 is -0.476. The number of aliphatic carboxylic acids is 3. The van der Waals surface area contributed by atoms with Gasteiger partial charge in [0.05, 0.1) is 6.54 Å². The van der Waals surface area contributed by atoms with Gasteiger partial charge in [0, 0.05) is 0 Å². The molecule has 228 valence electrons. The van der Waals surface area contributed by atoms with Gasteiger partial charge < -0.3 is 15.3 Å². The molecule has 7 nitrogen and oxygen atoms in total. The zero-order valence-corrected chi connectivity index (χ0v) is 25.4. The van der Waals surface area contributed by atoms with Gasteiger partial charge in [-0.15, -0.1) is 6.58 Å². The summed E-state index contributed by atoms with van der Waals surface area (Å²) in [4.78, 5) is 35.4. The molecular formula is C32H60NO6+. The van der Waals surface area contributed by atoms with Gasteiger partial charge in [0.15, 0.2) is 18.1 Å². The molecule has 0 bridgehead atoms. The van der Waals surface area contributed by atoms with Gasteiger partial charge in [-0.3, -0.25) is 4.48 Å². The van der Waals surface area contributed by atoms with Crippen molar-refractivity contribution >= 4 is 17.9 Å². The molecule has 0 aliphatic rings. The van der Waals surface area contributed by atoms with Crippen molar-refractivity contribution in [1.29, 1.82) is 0 Å². The molecular weight excluding hydrogens is 494 g/mol. The molecule has 3 N–H and O–H groups in total. The normalized spacial score (nSPS) is 15.3. The Morgan fingerprint density at radius 3 is 0.974 bits per heavy atom. The molecule has 39 heavy (non-hydrogen) atoms. The maximum atomic E-state index is 11.8. The summed E-state index contributed by atoms with van der Waals surface area (Å²) >= 11 is 0. The van der Waals surface area contributed by atoms with E-state index < -0.39 is 40.5 Å². The Kier molecular flexibility index (Phi) is 21.8. The van der Waals surface area contributed by atoms with Crippen LogP contribution in [-0.4, -0.2) is 62.4 Å². The fraction of sp³-hybridized carbons (Fsp3) is 0.844. The molecule has 0 radical (unpaired) electrons. The summed E-state index contributed by atoms with van der Waals surface area (Å²) in [6.07, 6.45) is 26.7. The standard InChI is InChI=1S/C32H59NO6/c1-5-6-7-8-9-10-11-12-13-14-15-16-17-18-19-20-21-22-23-24-25-26-33(27(2)30(34)35,28(3)31(36)37)29(4)32(38)39/h5,27-29H,1,6-26H2,2-4H3,(H2-,34,35,36,37,38,39)/p+1. The zero-order chi connectivity index (χ0) is 29.5. The van der Waals surface area contributed by atoms with E-state index in [0.29, 0.717) is 6.42 Å². The second kappa shape index (κ2) is 22.9. The van der Waals surface area contributed by atoms with E-state index in [2.05, 4.69) is 6.58 Å². The highest BCUT2D eigenvalue weighted by Crippen LogP contribution is 2.28. The van der Waals surface area contributed by atoms with Gasteiger partial charge in [-0.2, -0.15) is 0 Å². The largest absolute Gasteiger partial charge is 0.477 e. The van der Waals surface area contributed by atoms with Gasteiger partial charge in [-0.1, -0.05) is 109 Å². The van der Waals surface area contributed by atoms with E-state index in [1.165, 1.54) is 117 Å². The second-order valence-electron chi connectivity index (χ2n) is 11.6. The van der Waals surface area contributed by atoms with Gasteiger partial charge in [0.25, 0.3) is 0 Å². The van der Waals surface area contributed by atoms with E-state index in [4.69, 9.17) is 0 Å². The molecule has 0 saturated heterocycles. The SMILES string of the molecule is C=CCCCCCCCCCCCCCCCCCCCCC[N+](C(C)C(=O)O)(C(C)C(=O)O)C(C)C(=O)O. The van der Waals surface area contributed by atoms with E-state index >= 15 is 0 Å². The maximum Gasteiger partial charge on any atom is 0.362 e. The third-order valence-electron chi connectivity index (χ3n) is 8.69. The van der Waals surface area contributed by atoms with Crippen molar-refractivity contribution in [2.75, 3.05) is 6.54 Å². The minimum atomic E-state index is -1.17. The van der Waals surface area contributed by atoms with Crippen LogP contribution >= 0.6 is 0 Å². The lowest BCUT2D eigenvalue weighted by Crippen LogP contribution is -2.70. The highest BCUT2D eigenvalue weighted by atomic mass is 16.4. The first-order valence-electron chi connectivity index (χ1n) is 15.8. The highest BCUT2D eigenvalue weighted by Gasteiger charge is 2.52. The monoisotopic (exact) mass is 554 g/mol. The highest BCUT2D eigenvalue weighted by molar-refractivity contribution is 5.77. The predicted octanol–water partition coefficient (Wildman–Crippen LogP) is 8.21. The first-order valence-corrected chi connectivity index (χ1v) is 15.8. The van der Waals surface area contributed by atoms with Crippen LogP contribution in [0.25, 0.3) is 0 Å². The number of carbonyl (C=O) groups is 3. The number of carboxylic acids is 3. The minimum Gasteiger partial charge on any atom is -0.477 e.